The number of phosphoric acid groups is 1. The lowest BCUT2D eigenvalue weighted by atomic mass is 10.2. The number of aliphatic hydroxyl groups is 1. The number of phosphoric ester groups is 1. The third kappa shape index (κ3) is 6.02. The zero-order chi connectivity index (χ0) is 17.6. The van der Waals surface area contributed by atoms with Gasteiger partial charge in [-0.2, -0.15) is 4.98 Å². The van der Waals surface area contributed by atoms with E-state index in [9.17, 15) is 19.4 Å². The highest BCUT2D eigenvalue weighted by Crippen LogP contribution is 2.42. The van der Waals surface area contributed by atoms with E-state index >= 15 is 0 Å². The van der Waals surface area contributed by atoms with Crippen molar-refractivity contribution in [2.24, 2.45) is 0 Å². The van der Waals surface area contributed by atoms with Crippen LogP contribution in [0.15, 0.2) is 17.1 Å². The Labute approximate surface area is 133 Å². The summed E-state index contributed by atoms with van der Waals surface area (Å²) < 4.78 is 27.1. The molecule has 1 rings (SSSR count). The van der Waals surface area contributed by atoms with Gasteiger partial charge in [-0.3, -0.25) is 13.6 Å². The Hall–Kier alpha value is -1.29. The first kappa shape index (κ1) is 19.8. The average molecular weight is 351 g/mol. The van der Waals surface area contributed by atoms with Crippen molar-refractivity contribution in [3.05, 3.63) is 22.7 Å². The monoisotopic (exact) mass is 351 g/mol. The smallest absolute Gasteiger partial charge is 0.389 e. The summed E-state index contributed by atoms with van der Waals surface area (Å²) >= 11 is 0. The topological polar surface area (TPSA) is 146 Å². The van der Waals surface area contributed by atoms with Gasteiger partial charge in [0.2, 0.25) is 0 Å². The highest BCUT2D eigenvalue weighted by molar-refractivity contribution is 7.47. The number of aliphatic hydroxyl groups excluding tert-OH is 1. The predicted octanol–water partition coefficient (Wildman–Crippen LogP) is 0.264. The maximum absolute atomic E-state index is 11.9. The molecule has 0 amide bonds. The normalized spacial score (nSPS) is 18.1. The van der Waals surface area contributed by atoms with E-state index in [0.29, 0.717) is 6.42 Å². The quantitative estimate of drug-likeness (QED) is 0.533. The summed E-state index contributed by atoms with van der Waals surface area (Å²) in [5.41, 5.74) is 4.74. The molecular weight excluding hydrogens is 329 g/mol. The Morgan fingerprint density at radius 1 is 1.52 bits per heavy atom. The largest absolute Gasteiger partial charge is 0.472 e. The van der Waals surface area contributed by atoms with Crippen LogP contribution in [-0.4, -0.2) is 45.5 Å². The second-order valence-corrected chi connectivity index (χ2v) is 6.35. The third-order valence-corrected chi connectivity index (χ3v) is 3.92. The average Bonchev–Trinajstić information content (AvgIpc) is 2.48. The van der Waals surface area contributed by atoms with Crippen LogP contribution in [0, 0.1) is 0 Å². The van der Waals surface area contributed by atoms with Crippen LogP contribution in [0.2, 0.25) is 0 Å². The van der Waals surface area contributed by atoms with Gasteiger partial charge in [0, 0.05) is 13.3 Å². The summed E-state index contributed by atoms with van der Waals surface area (Å²) in [6.07, 6.45) is -0.999. The van der Waals surface area contributed by atoms with Gasteiger partial charge in [0.05, 0.1) is 18.8 Å². The molecule has 1 aromatic rings. The number of aromatic nitrogens is 2. The van der Waals surface area contributed by atoms with Crippen LogP contribution < -0.4 is 11.4 Å². The van der Waals surface area contributed by atoms with E-state index in [0.717, 1.165) is 11.7 Å². The Morgan fingerprint density at radius 3 is 2.65 bits per heavy atom. The molecule has 0 aliphatic carbocycles. The summed E-state index contributed by atoms with van der Waals surface area (Å²) in [5.74, 6) is 0.0484. The Bertz CT molecular complexity index is 607. The number of anilines is 1. The van der Waals surface area contributed by atoms with E-state index in [1.165, 1.54) is 19.2 Å². The molecule has 23 heavy (non-hydrogen) atoms. The first-order valence-corrected chi connectivity index (χ1v) is 8.41. The molecule has 0 saturated carbocycles. The molecule has 0 saturated heterocycles. The highest BCUT2D eigenvalue weighted by Gasteiger charge is 2.26. The molecule has 1 aromatic heterocycles. The molecule has 11 heteroatoms. The van der Waals surface area contributed by atoms with Gasteiger partial charge in [-0.15, -0.1) is 0 Å². The van der Waals surface area contributed by atoms with E-state index in [2.05, 4.69) is 9.51 Å². The van der Waals surface area contributed by atoms with Crippen LogP contribution in [0.4, 0.5) is 5.82 Å². The fourth-order valence-corrected chi connectivity index (χ4v) is 2.17. The van der Waals surface area contributed by atoms with Crippen molar-refractivity contribution in [3.63, 3.8) is 0 Å². The van der Waals surface area contributed by atoms with Crippen molar-refractivity contribution in [1.82, 2.24) is 9.55 Å². The minimum atomic E-state index is -4.14. The minimum Gasteiger partial charge on any atom is -0.389 e. The Kier molecular flexibility index (Phi) is 7.33. The third-order valence-electron chi connectivity index (χ3n) is 2.98. The SMILES string of the molecule is CCC(COP(=O)(O)OC)O[C@H]([C@H](C)O)n1ccc(N)nc1=O. The highest BCUT2D eigenvalue weighted by atomic mass is 31.2. The number of nitrogen functional groups attached to an aromatic ring is 1. The van der Waals surface area contributed by atoms with Crippen molar-refractivity contribution < 1.29 is 28.3 Å². The second kappa shape index (κ2) is 8.53. The molecule has 0 aromatic carbocycles. The number of hydrogen-bond acceptors (Lipinski definition) is 8. The summed E-state index contributed by atoms with van der Waals surface area (Å²) in [4.78, 5) is 24.7. The van der Waals surface area contributed by atoms with Crippen LogP contribution in [0.5, 0.6) is 0 Å². The summed E-state index contributed by atoms with van der Waals surface area (Å²) in [7, 11) is -3.09. The fourth-order valence-electron chi connectivity index (χ4n) is 1.71. The second-order valence-electron chi connectivity index (χ2n) is 4.79. The van der Waals surface area contributed by atoms with Crippen LogP contribution in [-0.2, 0) is 18.3 Å². The summed E-state index contributed by atoms with van der Waals surface area (Å²) in [5, 5.41) is 9.86. The van der Waals surface area contributed by atoms with Gasteiger partial charge in [-0.1, -0.05) is 6.92 Å². The number of nitrogens with two attached hydrogens (primary N) is 1. The van der Waals surface area contributed by atoms with Gasteiger partial charge in [-0.05, 0) is 19.4 Å². The van der Waals surface area contributed by atoms with Crippen molar-refractivity contribution in [1.29, 1.82) is 0 Å². The van der Waals surface area contributed by atoms with Crippen LogP contribution in [0.25, 0.3) is 0 Å². The maximum Gasteiger partial charge on any atom is 0.472 e. The number of nitrogens with zero attached hydrogens (tertiary/aromatic N) is 2. The van der Waals surface area contributed by atoms with Crippen LogP contribution in [0.1, 0.15) is 26.5 Å². The van der Waals surface area contributed by atoms with E-state index in [-0.39, 0.29) is 12.4 Å². The van der Waals surface area contributed by atoms with Gasteiger partial charge >= 0.3 is 13.5 Å². The molecule has 4 atom stereocenters. The molecule has 132 valence electrons. The first-order valence-electron chi connectivity index (χ1n) is 6.91. The number of hydrogen-bond donors (Lipinski definition) is 3. The maximum atomic E-state index is 11.9. The molecule has 0 radical (unpaired) electrons. The lowest BCUT2D eigenvalue weighted by Gasteiger charge is -2.27. The molecule has 0 aliphatic heterocycles. The zero-order valence-corrected chi connectivity index (χ0v) is 14.1. The molecular formula is C12H22N3O7P. The molecule has 10 nitrogen and oxygen atoms in total. The van der Waals surface area contributed by atoms with E-state index < -0.39 is 31.9 Å². The molecule has 0 spiro atoms. The number of rotatable bonds is 9. The minimum absolute atomic E-state index is 0.0484. The fraction of sp³-hybridized carbons (Fsp3) is 0.667. The molecule has 0 fully saturated rings. The van der Waals surface area contributed by atoms with Crippen LogP contribution in [0.3, 0.4) is 0 Å². The molecule has 2 unspecified atom stereocenters. The van der Waals surface area contributed by atoms with E-state index in [4.69, 9.17) is 15.0 Å². The van der Waals surface area contributed by atoms with Gasteiger partial charge in [-0.25, -0.2) is 9.36 Å². The van der Waals surface area contributed by atoms with E-state index in [1.54, 1.807) is 6.92 Å². The molecule has 0 aliphatic rings. The van der Waals surface area contributed by atoms with Crippen LogP contribution >= 0.6 is 7.82 Å². The van der Waals surface area contributed by atoms with Crippen molar-refractivity contribution in [2.45, 2.75) is 38.7 Å². The Morgan fingerprint density at radius 2 is 2.17 bits per heavy atom. The number of ether oxygens (including phenoxy) is 1. The molecule has 4 N–H and O–H groups in total. The van der Waals surface area contributed by atoms with Gasteiger partial charge in [0.15, 0.2) is 6.23 Å². The lowest BCUT2D eigenvalue weighted by Crippen LogP contribution is -2.37. The van der Waals surface area contributed by atoms with Crippen molar-refractivity contribution in [2.75, 3.05) is 19.5 Å². The predicted molar refractivity (Wildman–Crippen MR) is 81.6 cm³/mol. The van der Waals surface area contributed by atoms with Gasteiger partial charge in [0.25, 0.3) is 0 Å². The summed E-state index contributed by atoms with van der Waals surface area (Å²) in [6.45, 7) is 2.94. The van der Waals surface area contributed by atoms with Gasteiger partial charge in [0.1, 0.15) is 5.82 Å². The Balaban J connectivity index is 2.89. The van der Waals surface area contributed by atoms with Crippen molar-refractivity contribution >= 4 is 13.6 Å². The summed E-state index contributed by atoms with van der Waals surface area (Å²) in [6, 6.07) is 1.39. The first-order chi connectivity index (χ1) is 10.7. The zero-order valence-electron chi connectivity index (χ0n) is 13.2. The van der Waals surface area contributed by atoms with Gasteiger partial charge < -0.3 is 20.5 Å². The molecule has 1 heterocycles. The van der Waals surface area contributed by atoms with Crippen molar-refractivity contribution in [3.8, 4) is 0 Å². The molecule has 0 bridgehead atoms. The van der Waals surface area contributed by atoms with E-state index in [1.807, 2.05) is 0 Å². The lowest BCUT2D eigenvalue weighted by molar-refractivity contribution is -0.125. The standard InChI is InChI=1S/C12H22N3O7P/c1-4-9(7-21-23(18,19)20-3)22-11(8(2)16)15-6-5-10(13)14-12(15)17/h5-6,8-9,11,16H,4,7H2,1-3H3,(H,18,19)(H2,13,14,17)/t8-,9?,11+/m0/s1.